The molecule has 2 aromatic heterocycles. The number of hydrogen-bond acceptors (Lipinski definition) is 4. The number of nitrogens with zero attached hydrogens (tertiary/aromatic N) is 3. The number of nitrogens with two attached hydrogens (primary N) is 1. The van der Waals surface area contributed by atoms with Crippen LogP contribution in [0.4, 0.5) is 0 Å². The van der Waals surface area contributed by atoms with E-state index in [0.29, 0.717) is 6.42 Å². The molecule has 0 aromatic carbocycles. The molecule has 0 spiro atoms. The fraction of sp³-hybridized carbons (Fsp3) is 0.438. The fourth-order valence-corrected chi connectivity index (χ4v) is 3.00. The molecule has 116 valence electrons. The number of hydrazone groups is 1. The summed E-state index contributed by atoms with van der Waals surface area (Å²) in [4.78, 5) is 18.4. The molecule has 2 atom stereocenters. The molecular weight excluding hydrogens is 278 g/mol. The summed E-state index contributed by atoms with van der Waals surface area (Å²) in [5.41, 5.74) is 7.18. The molecule has 0 aliphatic carbocycles. The Morgan fingerprint density at radius 1 is 1.55 bits per heavy atom. The van der Waals surface area contributed by atoms with Gasteiger partial charge in [0.25, 0.3) is 0 Å². The summed E-state index contributed by atoms with van der Waals surface area (Å²) in [5, 5.41) is 7.73. The molecule has 3 N–H and O–H groups in total. The number of amides is 1. The van der Waals surface area contributed by atoms with Crippen molar-refractivity contribution in [3.8, 4) is 0 Å². The molecule has 0 bridgehead atoms. The van der Waals surface area contributed by atoms with Crippen LogP contribution in [0, 0.1) is 0 Å². The summed E-state index contributed by atoms with van der Waals surface area (Å²) in [7, 11) is 0. The van der Waals surface area contributed by atoms with E-state index in [0.717, 1.165) is 24.0 Å². The maximum atomic E-state index is 10.9. The number of pyridine rings is 1. The number of fused-ring (bicyclic) bond motifs is 1. The van der Waals surface area contributed by atoms with Crippen LogP contribution in [0.2, 0.25) is 0 Å². The van der Waals surface area contributed by atoms with Crippen LogP contribution in [0.1, 0.15) is 32.3 Å². The Morgan fingerprint density at radius 3 is 3.14 bits per heavy atom. The average molecular weight is 299 g/mol. The molecule has 0 saturated heterocycles. The van der Waals surface area contributed by atoms with Gasteiger partial charge in [0, 0.05) is 41.9 Å². The third-order valence-corrected chi connectivity index (χ3v) is 4.37. The summed E-state index contributed by atoms with van der Waals surface area (Å²) in [6.45, 7) is 5.04. The van der Waals surface area contributed by atoms with Crippen LogP contribution in [0.25, 0.3) is 11.0 Å². The van der Waals surface area contributed by atoms with E-state index < -0.39 is 0 Å². The summed E-state index contributed by atoms with van der Waals surface area (Å²) in [6, 6.07) is 4.30. The molecule has 0 saturated carbocycles. The highest BCUT2D eigenvalue weighted by molar-refractivity contribution is 5.87. The van der Waals surface area contributed by atoms with Crippen LogP contribution in [0.15, 0.2) is 29.6 Å². The van der Waals surface area contributed by atoms with Gasteiger partial charge in [0.2, 0.25) is 5.91 Å². The highest BCUT2D eigenvalue weighted by Gasteiger charge is 2.35. The first-order valence-corrected chi connectivity index (χ1v) is 7.52. The van der Waals surface area contributed by atoms with Gasteiger partial charge in [0.05, 0.1) is 6.54 Å². The zero-order valence-corrected chi connectivity index (χ0v) is 12.9. The van der Waals surface area contributed by atoms with Crippen molar-refractivity contribution >= 4 is 23.2 Å². The Bertz CT molecular complexity index is 722. The third-order valence-electron chi connectivity index (χ3n) is 4.37. The SMILES string of the molecule is CC(CCC(N)=O)N1CC(C)(c2ccnc3[nH]ccc23)C=N1. The van der Waals surface area contributed by atoms with Crippen LogP contribution < -0.4 is 5.73 Å². The van der Waals surface area contributed by atoms with Gasteiger partial charge >= 0.3 is 0 Å². The molecule has 1 aliphatic rings. The van der Waals surface area contributed by atoms with Crippen LogP contribution in [-0.2, 0) is 10.2 Å². The summed E-state index contributed by atoms with van der Waals surface area (Å²) in [6.07, 6.45) is 6.84. The van der Waals surface area contributed by atoms with E-state index in [1.807, 2.05) is 23.6 Å². The minimum absolute atomic E-state index is 0.162. The second kappa shape index (κ2) is 5.44. The highest BCUT2D eigenvalue weighted by atomic mass is 16.1. The molecule has 2 unspecified atom stereocenters. The van der Waals surface area contributed by atoms with Gasteiger partial charge in [-0.15, -0.1) is 0 Å². The smallest absolute Gasteiger partial charge is 0.217 e. The Hall–Kier alpha value is -2.37. The van der Waals surface area contributed by atoms with Gasteiger partial charge in [-0.25, -0.2) is 4.98 Å². The van der Waals surface area contributed by atoms with E-state index in [4.69, 9.17) is 5.73 Å². The quantitative estimate of drug-likeness (QED) is 0.882. The van der Waals surface area contributed by atoms with Crippen molar-refractivity contribution in [1.29, 1.82) is 0 Å². The molecule has 22 heavy (non-hydrogen) atoms. The lowest BCUT2D eigenvalue weighted by molar-refractivity contribution is -0.118. The molecule has 6 nitrogen and oxygen atoms in total. The molecule has 3 heterocycles. The van der Waals surface area contributed by atoms with E-state index in [-0.39, 0.29) is 17.4 Å². The van der Waals surface area contributed by atoms with Crippen LogP contribution in [0.5, 0.6) is 0 Å². The number of carbonyl (C=O) groups excluding carboxylic acids is 1. The number of nitrogens with one attached hydrogen (secondary N) is 1. The lowest BCUT2D eigenvalue weighted by Gasteiger charge is -2.28. The number of H-pyrrole nitrogens is 1. The Morgan fingerprint density at radius 2 is 2.36 bits per heavy atom. The predicted octanol–water partition coefficient (Wildman–Crippen LogP) is 1.78. The number of aromatic amines is 1. The van der Waals surface area contributed by atoms with Gasteiger partial charge in [0.15, 0.2) is 0 Å². The summed E-state index contributed by atoms with van der Waals surface area (Å²) >= 11 is 0. The minimum atomic E-state index is -0.263. The number of aromatic nitrogens is 2. The number of hydrogen-bond donors (Lipinski definition) is 2. The average Bonchev–Trinajstić information content (AvgIpc) is 3.11. The van der Waals surface area contributed by atoms with E-state index in [1.165, 1.54) is 5.56 Å². The van der Waals surface area contributed by atoms with Gasteiger partial charge in [-0.3, -0.25) is 9.80 Å². The third kappa shape index (κ3) is 2.56. The maximum absolute atomic E-state index is 10.9. The van der Waals surface area contributed by atoms with Crippen molar-refractivity contribution in [1.82, 2.24) is 15.0 Å². The second-order valence-corrected chi connectivity index (χ2v) is 6.21. The topological polar surface area (TPSA) is 87.4 Å². The molecule has 2 aromatic rings. The van der Waals surface area contributed by atoms with E-state index in [9.17, 15) is 4.79 Å². The van der Waals surface area contributed by atoms with E-state index in [1.54, 1.807) is 0 Å². The van der Waals surface area contributed by atoms with Crippen LogP contribution in [0.3, 0.4) is 0 Å². The zero-order chi connectivity index (χ0) is 15.7. The fourth-order valence-electron chi connectivity index (χ4n) is 3.00. The first kappa shape index (κ1) is 14.6. The van der Waals surface area contributed by atoms with Crippen molar-refractivity contribution in [3.63, 3.8) is 0 Å². The second-order valence-electron chi connectivity index (χ2n) is 6.21. The lowest BCUT2D eigenvalue weighted by atomic mass is 9.83. The largest absolute Gasteiger partial charge is 0.370 e. The maximum Gasteiger partial charge on any atom is 0.217 e. The number of carbonyl (C=O) groups is 1. The Balaban J connectivity index is 1.80. The minimum Gasteiger partial charge on any atom is -0.370 e. The highest BCUT2D eigenvalue weighted by Crippen LogP contribution is 2.33. The molecule has 0 radical (unpaired) electrons. The Labute approximate surface area is 129 Å². The normalized spacial score (nSPS) is 22.4. The molecule has 0 fully saturated rings. The van der Waals surface area contributed by atoms with Gasteiger partial charge < -0.3 is 10.7 Å². The van der Waals surface area contributed by atoms with Crippen molar-refractivity contribution in [2.45, 2.75) is 38.1 Å². The summed E-state index contributed by atoms with van der Waals surface area (Å²) < 4.78 is 0. The molecule has 1 aliphatic heterocycles. The van der Waals surface area contributed by atoms with Crippen molar-refractivity contribution in [2.24, 2.45) is 10.8 Å². The molecular formula is C16H21N5O. The van der Waals surface area contributed by atoms with Crippen LogP contribution >= 0.6 is 0 Å². The van der Waals surface area contributed by atoms with E-state index >= 15 is 0 Å². The predicted molar refractivity (Wildman–Crippen MR) is 86.5 cm³/mol. The van der Waals surface area contributed by atoms with Crippen molar-refractivity contribution < 1.29 is 4.79 Å². The van der Waals surface area contributed by atoms with E-state index in [2.05, 4.69) is 41.0 Å². The van der Waals surface area contributed by atoms with Crippen molar-refractivity contribution in [3.05, 3.63) is 30.1 Å². The van der Waals surface area contributed by atoms with Gasteiger partial charge in [0.1, 0.15) is 5.65 Å². The van der Waals surface area contributed by atoms with Gasteiger partial charge in [-0.05, 0) is 38.0 Å². The molecule has 3 rings (SSSR count). The summed E-state index contributed by atoms with van der Waals surface area (Å²) in [5.74, 6) is -0.263. The molecule has 6 heteroatoms. The van der Waals surface area contributed by atoms with Crippen molar-refractivity contribution in [2.75, 3.05) is 6.54 Å². The lowest BCUT2D eigenvalue weighted by Crippen LogP contribution is -2.35. The monoisotopic (exact) mass is 299 g/mol. The molecule has 1 amide bonds. The number of rotatable bonds is 5. The first-order chi connectivity index (χ1) is 10.5. The zero-order valence-electron chi connectivity index (χ0n) is 12.9. The van der Waals surface area contributed by atoms with Gasteiger partial charge in [-0.1, -0.05) is 0 Å². The first-order valence-electron chi connectivity index (χ1n) is 7.52. The van der Waals surface area contributed by atoms with Gasteiger partial charge in [-0.2, -0.15) is 5.10 Å². The van der Waals surface area contributed by atoms with Crippen LogP contribution in [-0.4, -0.2) is 39.7 Å². The standard InChI is InChI=1S/C16H21N5O/c1-11(3-4-14(17)22)21-10-16(2,9-20-21)13-6-8-19-15-12(13)5-7-18-15/h5-9,11H,3-4,10H2,1-2H3,(H2,17,22)(H,18,19). The Kier molecular flexibility index (Phi) is 3.60. The number of primary amides is 1.